The minimum absolute atomic E-state index is 0.0679. The van der Waals surface area contributed by atoms with Crippen LogP contribution in [0.3, 0.4) is 0 Å². The van der Waals surface area contributed by atoms with Crippen molar-refractivity contribution < 1.29 is 13.2 Å². The van der Waals surface area contributed by atoms with Gasteiger partial charge in [-0.05, 0) is 32.6 Å². The summed E-state index contributed by atoms with van der Waals surface area (Å²) in [6.07, 6.45) is 4.08. The fourth-order valence-corrected chi connectivity index (χ4v) is 4.79. The van der Waals surface area contributed by atoms with Crippen LogP contribution in [-0.2, 0) is 15.0 Å². The molecule has 0 aromatic heterocycles. The molecule has 2 aliphatic heterocycles. The number of carbonyl (C=O) groups excluding carboxylic acids is 1. The number of rotatable bonds is 5. The van der Waals surface area contributed by atoms with E-state index in [9.17, 15) is 13.2 Å². The molecule has 0 bridgehead atoms. The molecule has 1 amide bonds. The molecule has 0 aromatic carbocycles. The standard InChI is InChI=1S/C14H26N4O3S/c1-12(14(19)15-13-4-5-13)16-8-10-18(11-9-16)22(20,21)17-6-2-3-7-17/h12-13H,2-11H2,1H3,(H,15,19). The van der Waals surface area contributed by atoms with E-state index in [0.29, 0.717) is 45.3 Å². The van der Waals surface area contributed by atoms with Gasteiger partial charge in [-0.3, -0.25) is 9.69 Å². The predicted molar refractivity (Wildman–Crippen MR) is 83.5 cm³/mol. The first-order chi connectivity index (χ1) is 10.5. The van der Waals surface area contributed by atoms with Crippen molar-refractivity contribution in [2.75, 3.05) is 39.3 Å². The van der Waals surface area contributed by atoms with Gasteiger partial charge in [-0.1, -0.05) is 0 Å². The van der Waals surface area contributed by atoms with Gasteiger partial charge in [-0.15, -0.1) is 0 Å². The molecule has 22 heavy (non-hydrogen) atoms. The number of amides is 1. The molecular weight excluding hydrogens is 304 g/mol. The topological polar surface area (TPSA) is 73.0 Å². The maximum Gasteiger partial charge on any atom is 0.282 e. The number of nitrogens with one attached hydrogen (secondary N) is 1. The lowest BCUT2D eigenvalue weighted by atomic mass is 10.2. The maximum absolute atomic E-state index is 12.5. The Labute approximate surface area is 132 Å². The summed E-state index contributed by atoms with van der Waals surface area (Å²) in [5.74, 6) is 0.0679. The third-order valence-electron chi connectivity index (χ3n) is 4.84. The molecule has 1 atom stereocenters. The molecule has 3 aliphatic rings. The zero-order valence-corrected chi connectivity index (χ0v) is 14.0. The predicted octanol–water partition coefficient (Wildman–Crippen LogP) is -0.388. The van der Waals surface area contributed by atoms with E-state index in [2.05, 4.69) is 10.2 Å². The molecule has 0 spiro atoms. The first kappa shape index (κ1) is 16.2. The first-order valence-corrected chi connectivity index (χ1v) is 9.68. The van der Waals surface area contributed by atoms with Crippen molar-refractivity contribution in [3.63, 3.8) is 0 Å². The largest absolute Gasteiger partial charge is 0.352 e. The van der Waals surface area contributed by atoms with Gasteiger partial charge < -0.3 is 5.32 Å². The average Bonchev–Trinajstić information content (AvgIpc) is 3.15. The SMILES string of the molecule is CC(C(=O)NC1CC1)N1CCN(S(=O)(=O)N2CCCC2)CC1. The van der Waals surface area contributed by atoms with E-state index < -0.39 is 10.2 Å². The first-order valence-electron chi connectivity index (χ1n) is 8.28. The van der Waals surface area contributed by atoms with E-state index in [1.54, 1.807) is 8.61 Å². The van der Waals surface area contributed by atoms with Crippen LogP contribution in [0, 0.1) is 0 Å². The molecule has 1 aliphatic carbocycles. The van der Waals surface area contributed by atoms with Gasteiger partial charge in [-0.2, -0.15) is 17.0 Å². The van der Waals surface area contributed by atoms with Gasteiger partial charge >= 0.3 is 0 Å². The summed E-state index contributed by atoms with van der Waals surface area (Å²) < 4.78 is 28.2. The molecule has 8 heteroatoms. The van der Waals surface area contributed by atoms with Gasteiger partial charge in [0, 0.05) is 45.3 Å². The second-order valence-electron chi connectivity index (χ2n) is 6.51. The van der Waals surface area contributed by atoms with Crippen molar-refractivity contribution >= 4 is 16.1 Å². The summed E-state index contributed by atoms with van der Waals surface area (Å²) in [7, 11) is -3.30. The molecule has 126 valence electrons. The molecule has 1 N–H and O–H groups in total. The number of nitrogens with zero attached hydrogens (tertiary/aromatic N) is 3. The Kier molecular flexibility index (Phi) is 4.72. The van der Waals surface area contributed by atoms with Gasteiger partial charge in [-0.25, -0.2) is 0 Å². The van der Waals surface area contributed by atoms with Crippen LogP contribution in [0.1, 0.15) is 32.6 Å². The Morgan fingerprint density at radius 3 is 2.09 bits per heavy atom. The van der Waals surface area contributed by atoms with E-state index >= 15 is 0 Å². The minimum Gasteiger partial charge on any atom is -0.352 e. The van der Waals surface area contributed by atoms with E-state index in [4.69, 9.17) is 0 Å². The fourth-order valence-electron chi connectivity index (χ4n) is 3.12. The Bertz CT molecular complexity index is 506. The van der Waals surface area contributed by atoms with Crippen LogP contribution in [0.4, 0.5) is 0 Å². The van der Waals surface area contributed by atoms with Crippen LogP contribution < -0.4 is 5.32 Å². The van der Waals surface area contributed by atoms with E-state index in [-0.39, 0.29) is 11.9 Å². The summed E-state index contributed by atoms with van der Waals surface area (Å²) in [5.41, 5.74) is 0. The van der Waals surface area contributed by atoms with Crippen LogP contribution in [-0.4, -0.2) is 79.2 Å². The third-order valence-corrected chi connectivity index (χ3v) is 6.88. The molecule has 3 rings (SSSR count). The van der Waals surface area contributed by atoms with E-state index in [1.165, 1.54) is 0 Å². The Balaban J connectivity index is 1.52. The monoisotopic (exact) mass is 330 g/mol. The van der Waals surface area contributed by atoms with Crippen molar-refractivity contribution in [3.05, 3.63) is 0 Å². The Morgan fingerprint density at radius 2 is 1.55 bits per heavy atom. The highest BCUT2D eigenvalue weighted by atomic mass is 32.2. The van der Waals surface area contributed by atoms with Gasteiger partial charge in [0.1, 0.15) is 0 Å². The highest BCUT2D eigenvalue weighted by Gasteiger charge is 2.36. The lowest BCUT2D eigenvalue weighted by Crippen LogP contribution is -2.56. The van der Waals surface area contributed by atoms with Crippen LogP contribution in [0.5, 0.6) is 0 Å². The smallest absolute Gasteiger partial charge is 0.282 e. The molecule has 2 saturated heterocycles. The molecular formula is C14H26N4O3S. The third kappa shape index (κ3) is 3.45. The van der Waals surface area contributed by atoms with E-state index in [0.717, 1.165) is 25.7 Å². The maximum atomic E-state index is 12.5. The van der Waals surface area contributed by atoms with Crippen molar-refractivity contribution in [1.29, 1.82) is 0 Å². The van der Waals surface area contributed by atoms with Crippen LogP contribution in [0.25, 0.3) is 0 Å². The number of carbonyl (C=O) groups is 1. The summed E-state index contributed by atoms with van der Waals surface area (Å²) in [5, 5.41) is 3.02. The number of hydrogen-bond donors (Lipinski definition) is 1. The van der Waals surface area contributed by atoms with Gasteiger partial charge in [0.05, 0.1) is 6.04 Å². The van der Waals surface area contributed by atoms with Gasteiger partial charge in [0.15, 0.2) is 0 Å². The lowest BCUT2D eigenvalue weighted by Gasteiger charge is -2.38. The highest BCUT2D eigenvalue weighted by molar-refractivity contribution is 7.86. The van der Waals surface area contributed by atoms with Gasteiger partial charge in [0.25, 0.3) is 10.2 Å². The minimum atomic E-state index is -3.30. The molecule has 1 saturated carbocycles. The van der Waals surface area contributed by atoms with Gasteiger partial charge in [0.2, 0.25) is 5.91 Å². The summed E-state index contributed by atoms with van der Waals surface area (Å²) in [6.45, 7) is 5.37. The van der Waals surface area contributed by atoms with Crippen molar-refractivity contribution in [3.8, 4) is 0 Å². The average molecular weight is 330 g/mol. The Hall–Kier alpha value is -0.700. The van der Waals surface area contributed by atoms with Crippen molar-refractivity contribution in [1.82, 2.24) is 18.8 Å². The van der Waals surface area contributed by atoms with Crippen molar-refractivity contribution in [2.45, 2.75) is 44.7 Å². The quantitative estimate of drug-likeness (QED) is 0.745. The second-order valence-corrected chi connectivity index (χ2v) is 8.44. The van der Waals surface area contributed by atoms with E-state index in [1.807, 2.05) is 6.92 Å². The molecule has 7 nitrogen and oxygen atoms in total. The lowest BCUT2D eigenvalue weighted by molar-refractivity contribution is -0.126. The molecule has 3 fully saturated rings. The Morgan fingerprint density at radius 1 is 1.00 bits per heavy atom. The zero-order valence-electron chi connectivity index (χ0n) is 13.2. The molecule has 0 aromatic rings. The van der Waals surface area contributed by atoms with Crippen LogP contribution >= 0.6 is 0 Å². The normalized spacial score (nSPS) is 27.0. The van der Waals surface area contributed by atoms with Crippen LogP contribution in [0.2, 0.25) is 0 Å². The molecule has 1 unspecified atom stereocenters. The summed E-state index contributed by atoms with van der Waals surface area (Å²) in [6, 6.07) is 0.184. The fraction of sp³-hybridized carbons (Fsp3) is 0.929. The van der Waals surface area contributed by atoms with Crippen molar-refractivity contribution in [2.24, 2.45) is 0 Å². The molecule has 2 heterocycles. The summed E-state index contributed by atoms with van der Waals surface area (Å²) >= 11 is 0. The molecule has 0 radical (unpaired) electrons. The zero-order chi connectivity index (χ0) is 15.7. The summed E-state index contributed by atoms with van der Waals surface area (Å²) in [4.78, 5) is 14.2. The van der Waals surface area contributed by atoms with Crippen LogP contribution in [0.15, 0.2) is 0 Å². The number of piperazine rings is 1. The highest BCUT2D eigenvalue weighted by Crippen LogP contribution is 2.20. The second kappa shape index (κ2) is 6.43. The number of hydrogen-bond acceptors (Lipinski definition) is 4.